The lowest BCUT2D eigenvalue weighted by molar-refractivity contribution is -0.139. The standard InChI is InChI=1S/C26H28F2N4O6/c1-14(2)38-21-10-19-18(9-20(21)22(29)33)16(4-3-15-5-7-32(8-6-15)25(35)36)12-30-23(19)37-13-17-11-26(27,28)24(34)31-17/h9-10,12,14-15,17H,5-8,11,13H2,1-2H3,(H2,29,33)(H,31,34)(H,35,36). The van der Waals surface area contributed by atoms with E-state index in [2.05, 4.69) is 22.1 Å². The predicted octanol–water partition coefficient (Wildman–Crippen LogP) is 2.77. The Kier molecular flexibility index (Phi) is 7.57. The molecule has 38 heavy (non-hydrogen) atoms. The third kappa shape index (κ3) is 5.88. The number of carbonyl (C=O) groups excluding carboxylic acids is 2. The van der Waals surface area contributed by atoms with Gasteiger partial charge in [0.2, 0.25) is 5.88 Å². The highest BCUT2D eigenvalue weighted by atomic mass is 19.3. The van der Waals surface area contributed by atoms with Crippen molar-refractivity contribution in [3.63, 3.8) is 0 Å². The normalized spacial score (nSPS) is 19.1. The van der Waals surface area contributed by atoms with Gasteiger partial charge in [0.05, 0.1) is 23.3 Å². The zero-order valence-electron chi connectivity index (χ0n) is 20.9. The van der Waals surface area contributed by atoms with Crippen LogP contribution in [-0.2, 0) is 4.79 Å². The van der Waals surface area contributed by atoms with Gasteiger partial charge in [-0.25, -0.2) is 9.78 Å². The van der Waals surface area contributed by atoms with Gasteiger partial charge in [0.15, 0.2) is 0 Å². The number of likely N-dealkylation sites (tertiary alicyclic amines) is 1. The van der Waals surface area contributed by atoms with Gasteiger partial charge < -0.3 is 30.5 Å². The monoisotopic (exact) mass is 530 g/mol. The summed E-state index contributed by atoms with van der Waals surface area (Å²) in [5, 5.41) is 12.3. The highest BCUT2D eigenvalue weighted by Crippen LogP contribution is 2.34. The van der Waals surface area contributed by atoms with Crippen molar-refractivity contribution in [3.8, 4) is 23.5 Å². The number of piperidine rings is 1. The maximum absolute atomic E-state index is 13.6. The number of carbonyl (C=O) groups is 3. The quantitative estimate of drug-likeness (QED) is 0.487. The van der Waals surface area contributed by atoms with Crippen LogP contribution in [0.15, 0.2) is 18.3 Å². The number of nitrogens with two attached hydrogens (primary N) is 1. The number of aromatic nitrogens is 1. The van der Waals surface area contributed by atoms with Crippen LogP contribution in [0, 0.1) is 17.8 Å². The highest BCUT2D eigenvalue weighted by Gasteiger charge is 2.48. The number of hydrogen-bond acceptors (Lipinski definition) is 6. The van der Waals surface area contributed by atoms with Gasteiger partial charge in [-0.15, -0.1) is 0 Å². The van der Waals surface area contributed by atoms with Crippen LogP contribution in [0.1, 0.15) is 49.0 Å². The summed E-state index contributed by atoms with van der Waals surface area (Å²) in [5.41, 5.74) is 6.22. The fourth-order valence-corrected chi connectivity index (χ4v) is 4.42. The topological polar surface area (TPSA) is 144 Å². The summed E-state index contributed by atoms with van der Waals surface area (Å²) in [6.45, 7) is 4.10. The minimum Gasteiger partial charge on any atom is -0.490 e. The molecule has 2 aliphatic heterocycles. The summed E-state index contributed by atoms with van der Waals surface area (Å²) in [7, 11) is 0. The first kappa shape index (κ1) is 26.9. The molecule has 0 radical (unpaired) electrons. The third-order valence-corrected chi connectivity index (χ3v) is 6.35. The molecule has 10 nitrogen and oxygen atoms in total. The van der Waals surface area contributed by atoms with E-state index < -0.39 is 36.3 Å². The van der Waals surface area contributed by atoms with E-state index in [4.69, 9.17) is 20.3 Å². The number of rotatable bonds is 6. The van der Waals surface area contributed by atoms with Gasteiger partial charge in [-0.05, 0) is 38.8 Å². The second-order valence-corrected chi connectivity index (χ2v) is 9.61. The number of pyridine rings is 1. The number of amides is 3. The van der Waals surface area contributed by atoms with Crippen LogP contribution >= 0.6 is 0 Å². The molecule has 0 bridgehead atoms. The summed E-state index contributed by atoms with van der Waals surface area (Å²) in [5.74, 6) is 1.01. The van der Waals surface area contributed by atoms with Gasteiger partial charge in [0, 0.05) is 42.4 Å². The van der Waals surface area contributed by atoms with Crippen LogP contribution in [0.4, 0.5) is 13.6 Å². The van der Waals surface area contributed by atoms with Crippen molar-refractivity contribution in [1.82, 2.24) is 15.2 Å². The molecule has 3 heterocycles. The largest absolute Gasteiger partial charge is 0.490 e. The molecule has 2 aromatic rings. The van der Waals surface area contributed by atoms with Crippen LogP contribution < -0.4 is 20.5 Å². The Bertz CT molecular complexity index is 1330. The maximum Gasteiger partial charge on any atom is 0.407 e. The molecule has 2 fully saturated rings. The van der Waals surface area contributed by atoms with E-state index in [1.54, 1.807) is 19.9 Å². The third-order valence-electron chi connectivity index (χ3n) is 6.35. The van der Waals surface area contributed by atoms with Crippen LogP contribution in [-0.4, -0.2) is 70.7 Å². The molecule has 12 heteroatoms. The molecule has 0 saturated carbocycles. The molecule has 4 N–H and O–H groups in total. The van der Waals surface area contributed by atoms with E-state index in [1.807, 2.05) is 0 Å². The first-order chi connectivity index (χ1) is 17.9. The smallest absolute Gasteiger partial charge is 0.407 e. The van der Waals surface area contributed by atoms with E-state index in [-0.39, 0.29) is 35.8 Å². The minimum absolute atomic E-state index is 0.0246. The average Bonchev–Trinajstić information content (AvgIpc) is 3.12. The van der Waals surface area contributed by atoms with Crippen molar-refractivity contribution >= 4 is 28.7 Å². The van der Waals surface area contributed by atoms with E-state index in [0.717, 1.165) is 0 Å². The number of carboxylic acid groups (broad SMARTS) is 1. The van der Waals surface area contributed by atoms with E-state index in [0.29, 0.717) is 42.3 Å². The summed E-state index contributed by atoms with van der Waals surface area (Å²) in [4.78, 5) is 40.5. The van der Waals surface area contributed by atoms with Crippen molar-refractivity contribution < 1.29 is 37.7 Å². The van der Waals surface area contributed by atoms with E-state index in [9.17, 15) is 23.2 Å². The number of ether oxygens (including phenoxy) is 2. The molecule has 202 valence electrons. The van der Waals surface area contributed by atoms with E-state index in [1.165, 1.54) is 17.2 Å². The first-order valence-corrected chi connectivity index (χ1v) is 12.2. The Morgan fingerprint density at radius 1 is 1.29 bits per heavy atom. The second-order valence-electron chi connectivity index (χ2n) is 9.61. The van der Waals surface area contributed by atoms with Crippen LogP contribution in [0.3, 0.4) is 0 Å². The molecule has 2 saturated heterocycles. The maximum atomic E-state index is 13.6. The van der Waals surface area contributed by atoms with Gasteiger partial charge >= 0.3 is 12.0 Å². The molecule has 1 aromatic heterocycles. The lowest BCUT2D eigenvalue weighted by Crippen LogP contribution is -2.37. The number of primary amides is 1. The molecule has 0 aliphatic carbocycles. The lowest BCUT2D eigenvalue weighted by atomic mass is 9.96. The average molecular weight is 531 g/mol. The molecule has 0 spiro atoms. The van der Waals surface area contributed by atoms with Crippen LogP contribution in [0.25, 0.3) is 10.8 Å². The Morgan fingerprint density at radius 2 is 2.00 bits per heavy atom. The molecule has 1 unspecified atom stereocenters. The number of nitrogens with zero attached hydrogens (tertiary/aromatic N) is 2. The zero-order valence-corrected chi connectivity index (χ0v) is 20.9. The van der Waals surface area contributed by atoms with Crippen LogP contribution in [0.5, 0.6) is 11.6 Å². The Morgan fingerprint density at radius 3 is 2.58 bits per heavy atom. The Hall–Kier alpha value is -4.14. The van der Waals surface area contributed by atoms with E-state index >= 15 is 0 Å². The number of nitrogens with one attached hydrogen (secondary N) is 1. The van der Waals surface area contributed by atoms with Gasteiger partial charge in [0.1, 0.15) is 12.4 Å². The summed E-state index contributed by atoms with van der Waals surface area (Å²) < 4.78 is 38.8. The molecule has 4 rings (SSSR count). The number of fused-ring (bicyclic) bond motifs is 1. The summed E-state index contributed by atoms with van der Waals surface area (Å²) in [6, 6.07) is 2.18. The van der Waals surface area contributed by atoms with Crippen molar-refractivity contribution in [2.75, 3.05) is 19.7 Å². The fraction of sp³-hybridized carbons (Fsp3) is 0.462. The SMILES string of the molecule is CC(C)Oc1cc2c(OCC3CC(F)(F)C(=O)N3)ncc(C#CC3CCN(C(=O)O)CC3)c2cc1C(N)=O. The van der Waals surface area contributed by atoms with Gasteiger partial charge in [-0.2, -0.15) is 8.78 Å². The number of hydrogen-bond donors (Lipinski definition) is 3. The predicted molar refractivity (Wildman–Crippen MR) is 132 cm³/mol. The number of halogens is 2. The first-order valence-electron chi connectivity index (χ1n) is 12.2. The molecule has 1 aromatic carbocycles. The molecular weight excluding hydrogens is 502 g/mol. The van der Waals surface area contributed by atoms with Crippen molar-refractivity contribution in [3.05, 3.63) is 29.5 Å². The fourth-order valence-electron chi connectivity index (χ4n) is 4.42. The number of benzene rings is 1. The van der Waals surface area contributed by atoms with Gasteiger partial charge in [-0.1, -0.05) is 11.8 Å². The molecule has 3 amide bonds. The molecule has 2 aliphatic rings. The summed E-state index contributed by atoms with van der Waals surface area (Å²) >= 11 is 0. The highest BCUT2D eigenvalue weighted by molar-refractivity contribution is 6.03. The van der Waals surface area contributed by atoms with Gasteiger partial charge in [-0.3, -0.25) is 9.59 Å². The number of alkyl halides is 2. The second kappa shape index (κ2) is 10.7. The van der Waals surface area contributed by atoms with Crippen molar-refractivity contribution in [1.29, 1.82) is 0 Å². The zero-order chi connectivity index (χ0) is 27.6. The van der Waals surface area contributed by atoms with Crippen LogP contribution in [0.2, 0.25) is 0 Å². The Balaban J connectivity index is 1.68. The van der Waals surface area contributed by atoms with Gasteiger partial charge in [0.25, 0.3) is 11.8 Å². The lowest BCUT2D eigenvalue weighted by Gasteiger charge is -2.27. The molecule has 1 atom stereocenters. The minimum atomic E-state index is -3.46. The van der Waals surface area contributed by atoms with Crippen molar-refractivity contribution in [2.24, 2.45) is 11.7 Å². The van der Waals surface area contributed by atoms with Crippen molar-refractivity contribution in [2.45, 2.75) is 51.2 Å². The summed E-state index contributed by atoms with van der Waals surface area (Å²) in [6.07, 6.45) is 0.694. The Labute approximate surface area is 217 Å². The molecular formula is C26H28F2N4O6.